The number of esters is 1. The second-order valence-corrected chi connectivity index (χ2v) is 10.0. The maximum absolute atomic E-state index is 13.6. The number of methoxy groups -OCH3 is 2. The Hall–Kier alpha value is -4.39. The minimum absolute atomic E-state index is 0.231. The van der Waals surface area contributed by atoms with Crippen molar-refractivity contribution in [3.63, 3.8) is 0 Å². The molecule has 0 amide bonds. The maximum atomic E-state index is 13.6. The van der Waals surface area contributed by atoms with Gasteiger partial charge in [-0.3, -0.25) is 4.79 Å². The first-order chi connectivity index (χ1) is 19.8. The van der Waals surface area contributed by atoms with E-state index in [4.69, 9.17) is 28.3 Å². The van der Waals surface area contributed by atoms with Gasteiger partial charge in [0.05, 0.1) is 46.9 Å². The molecular weight excluding hydrogens is 641 g/mol. The van der Waals surface area contributed by atoms with Crippen LogP contribution in [-0.2, 0) is 9.53 Å². The van der Waals surface area contributed by atoms with Crippen molar-refractivity contribution in [1.82, 2.24) is 9.66 Å². The van der Waals surface area contributed by atoms with Crippen molar-refractivity contribution in [2.24, 2.45) is 5.10 Å². The van der Waals surface area contributed by atoms with E-state index in [-0.39, 0.29) is 11.4 Å². The molecule has 5 aromatic rings. The molecule has 0 unspecified atom stereocenters. The SMILES string of the molecule is CCOc1cc(C=Nn2c(-c3cc4c(OC)cccc4o3)nc3ccccc3c2=O)cc(I)c1O[C@@H](C)C(=O)OC. The Morgan fingerprint density at radius 3 is 2.66 bits per heavy atom. The van der Waals surface area contributed by atoms with Crippen molar-refractivity contribution in [2.45, 2.75) is 20.0 Å². The molecular formula is C30H26IN3O7. The number of rotatable bonds is 9. The van der Waals surface area contributed by atoms with Gasteiger partial charge in [0.2, 0.25) is 5.82 Å². The summed E-state index contributed by atoms with van der Waals surface area (Å²) >= 11 is 2.10. The Morgan fingerprint density at radius 2 is 1.90 bits per heavy atom. The standard InChI is InChI=1S/C30H26IN3O7/c1-5-39-25-14-18(13-21(31)27(25)40-17(2)30(36)38-4)16-32-34-28(33-22-10-7-6-9-19(22)29(34)35)26-15-20-23(37-3)11-8-12-24(20)41-26/h6-17H,5H2,1-4H3/t17-/m0/s1. The van der Waals surface area contributed by atoms with Gasteiger partial charge in [0.15, 0.2) is 23.4 Å². The first-order valence-corrected chi connectivity index (χ1v) is 13.8. The Labute approximate surface area is 248 Å². The van der Waals surface area contributed by atoms with E-state index in [0.717, 1.165) is 5.39 Å². The molecule has 0 N–H and O–H groups in total. The van der Waals surface area contributed by atoms with E-state index in [0.29, 0.717) is 55.2 Å². The van der Waals surface area contributed by atoms with Crippen molar-refractivity contribution < 1.29 is 28.2 Å². The quantitative estimate of drug-likeness (QED) is 0.113. The second kappa shape index (κ2) is 12.0. The number of para-hydroxylation sites is 1. The van der Waals surface area contributed by atoms with Crippen LogP contribution in [0.5, 0.6) is 17.2 Å². The molecule has 0 fully saturated rings. The average molecular weight is 667 g/mol. The third kappa shape index (κ3) is 5.62. The fourth-order valence-electron chi connectivity index (χ4n) is 4.27. The van der Waals surface area contributed by atoms with Gasteiger partial charge in [0.25, 0.3) is 5.56 Å². The Balaban J connectivity index is 1.62. The number of aromatic nitrogens is 2. The zero-order valence-corrected chi connectivity index (χ0v) is 24.9. The zero-order chi connectivity index (χ0) is 29.1. The van der Waals surface area contributed by atoms with Crippen LogP contribution in [0.1, 0.15) is 19.4 Å². The van der Waals surface area contributed by atoms with Crippen molar-refractivity contribution in [3.05, 3.63) is 80.2 Å². The summed E-state index contributed by atoms with van der Waals surface area (Å²) < 4.78 is 29.9. The molecule has 0 spiro atoms. The topological polar surface area (TPSA) is 114 Å². The Kier molecular flexibility index (Phi) is 8.24. The third-order valence-corrected chi connectivity index (χ3v) is 7.00. The molecule has 0 aliphatic heterocycles. The van der Waals surface area contributed by atoms with Gasteiger partial charge in [0.1, 0.15) is 11.3 Å². The summed E-state index contributed by atoms with van der Waals surface area (Å²) in [6.45, 7) is 3.81. The molecule has 2 aromatic heterocycles. The number of benzene rings is 3. The van der Waals surface area contributed by atoms with E-state index < -0.39 is 12.1 Å². The van der Waals surface area contributed by atoms with E-state index in [1.54, 1.807) is 50.4 Å². The molecule has 0 radical (unpaired) electrons. The van der Waals surface area contributed by atoms with Gasteiger partial charge in [-0.05, 0) is 84.5 Å². The lowest BCUT2D eigenvalue weighted by atomic mass is 10.2. The van der Waals surface area contributed by atoms with Crippen molar-refractivity contribution in [2.75, 3.05) is 20.8 Å². The third-order valence-electron chi connectivity index (χ3n) is 6.20. The van der Waals surface area contributed by atoms with E-state index in [1.165, 1.54) is 18.0 Å². The summed E-state index contributed by atoms with van der Waals surface area (Å²) in [5.74, 6) is 1.55. The molecule has 210 valence electrons. The number of nitrogens with zero attached hydrogens (tertiary/aromatic N) is 3. The first-order valence-electron chi connectivity index (χ1n) is 12.7. The van der Waals surface area contributed by atoms with Gasteiger partial charge < -0.3 is 23.4 Å². The van der Waals surface area contributed by atoms with E-state index in [2.05, 4.69) is 27.7 Å². The summed E-state index contributed by atoms with van der Waals surface area (Å²) in [5.41, 5.74) is 1.37. The molecule has 0 aliphatic carbocycles. The smallest absolute Gasteiger partial charge is 0.346 e. The van der Waals surface area contributed by atoms with Crippen LogP contribution in [0, 0.1) is 3.57 Å². The number of carbonyl (C=O) groups is 1. The van der Waals surface area contributed by atoms with Crippen LogP contribution in [0.3, 0.4) is 0 Å². The second-order valence-electron chi connectivity index (χ2n) is 8.84. The van der Waals surface area contributed by atoms with Crippen molar-refractivity contribution in [1.29, 1.82) is 0 Å². The highest BCUT2D eigenvalue weighted by Gasteiger charge is 2.21. The minimum Gasteiger partial charge on any atom is -0.496 e. The molecule has 10 nitrogen and oxygen atoms in total. The van der Waals surface area contributed by atoms with Crippen LogP contribution in [0.15, 0.2) is 75.0 Å². The van der Waals surface area contributed by atoms with Crippen molar-refractivity contribution >= 4 is 56.6 Å². The number of furan rings is 1. The van der Waals surface area contributed by atoms with Crippen LogP contribution in [0.25, 0.3) is 33.5 Å². The van der Waals surface area contributed by atoms with Crippen LogP contribution < -0.4 is 19.8 Å². The van der Waals surface area contributed by atoms with E-state index in [1.807, 2.05) is 31.2 Å². The maximum Gasteiger partial charge on any atom is 0.346 e. The van der Waals surface area contributed by atoms with Crippen LogP contribution in [0.2, 0.25) is 0 Å². The first kappa shape index (κ1) is 28.1. The number of halogens is 1. The van der Waals surface area contributed by atoms with Gasteiger partial charge in [-0.15, -0.1) is 0 Å². The van der Waals surface area contributed by atoms with E-state index >= 15 is 0 Å². The molecule has 1 atom stereocenters. The molecule has 0 bridgehead atoms. The Morgan fingerprint density at radius 1 is 1.10 bits per heavy atom. The number of carbonyl (C=O) groups excluding carboxylic acids is 1. The number of fused-ring (bicyclic) bond motifs is 2. The van der Waals surface area contributed by atoms with E-state index in [9.17, 15) is 9.59 Å². The van der Waals surface area contributed by atoms with Gasteiger partial charge in [-0.25, -0.2) is 9.78 Å². The number of ether oxygens (including phenoxy) is 4. The average Bonchev–Trinajstić information content (AvgIpc) is 3.42. The highest BCUT2D eigenvalue weighted by atomic mass is 127. The largest absolute Gasteiger partial charge is 0.496 e. The summed E-state index contributed by atoms with van der Waals surface area (Å²) in [6, 6.07) is 17.8. The fraction of sp³-hybridized carbons (Fsp3) is 0.200. The highest BCUT2D eigenvalue weighted by Crippen LogP contribution is 2.35. The molecule has 0 aliphatic rings. The lowest BCUT2D eigenvalue weighted by molar-refractivity contribution is -0.148. The van der Waals surface area contributed by atoms with Gasteiger partial charge in [-0.2, -0.15) is 9.78 Å². The summed E-state index contributed by atoms with van der Waals surface area (Å²) in [5, 5.41) is 5.70. The molecule has 2 heterocycles. The van der Waals surface area contributed by atoms with Crippen LogP contribution in [-0.4, -0.2) is 48.8 Å². The normalized spacial score (nSPS) is 12.1. The highest BCUT2D eigenvalue weighted by molar-refractivity contribution is 14.1. The summed E-state index contributed by atoms with van der Waals surface area (Å²) in [4.78, 5) is 30.3. The van der Waals surface area contributed by atoms with Gasteiger partial charge in [-0.1, -0.05) is 18.2 Å². The molecule has 3 aromatic carbocycles. The fourth-order valence-corrected chi connectivity index (χ4v) is 5.02. The van der Waals surface area contributed by atoms with Gasteiger partial charge in [0, 0.05) is 0 Å². The predicted octanol–water partition coefficient (Wildman–Crippen LogP) is 5.64. The van der Waals surface area contributed by atoms with Crippen molar-refractivity contribution in [3.8, 4) is 28.8 Å². The molecule has 5 rings (SSSR count). The predicted molar refractivity (Wildman–Crippen MR) is 163 cm³/mol. The molecule has 0 saturated carbocycles. The monoisotopic (exact) mass is 667 g/mol. The van der Waals surface area contributed by atoms with Crippen LogP contribution in [0.4, 0.5) is 0 Å². The summed E-state index contributed by atoms with van der Waals surface area (Å²) in [7, 11) is 2.89. The zero-order valence-electron chi connectivity index (χ0n) is 22.7. The Bertz CT molecular complexity index is 1840. The number of hydrogen-bond donors (Lipinski definition) is 0. The number of hydrogen-bond acceptors (Lipinski definition) is 9. The van der Waals surface area contributed by atoms with Gasteiger partial charge >= 0.3 is 5.97 Å². The lowest BCUT2D eigenvalue weighted by Gasteiger charge is -2.17. The molecule has 0 saturated heterocycles. The lowest BCUT2D eigenvalue weighted by Crippen LogP contribution is -2.25. The minimum atomic E-state index is -0.834. The molecule has 41 heavy (non-hydrogen) atoms. The summed E-state index contributed by atoms with van der Waals surface area (Å²) in [6.07, 6.45) is 0.697. The van der Waals surface area contributed by atoms with Crippen LogP contribution >= 0.6 is 22.6 Å². The molecule has 11 heteroatoms.